The van der Waals surface area contributed by atoms with Crippen molar-refractivity contribution in [3.05, 3.63) is 40.8 Å². The first-order valence-corrected chi connectivity index (χ1v) is 11.4. The second-order valence-corrected chi connectivity index (χ2v) is 9.79. The average Bonchev–Trinajstić information content (AvgIpc) is 3.41. The summed E-state index contributed by atoms with van der Waals surface area (Å²) in [5.41, 5.74) is 1.25. The van der Waals surface area contributed by atoms with Gasteiger partial charge in [-0.15, -0.1) is 11.3 Å². The Hall–Kier alpha value is -3.20. The van der Waals surface area contributed by atoms with Gasteiger partial charge in [0.1, 0.15) is 16.9 Å². The molecule has 3 aromatic rings. The monoisotopic (exact) mass is 454 g/mol. The number of carbonyl (C=O) groups is 3. The minimum Gasteiger partial charge on any atom is -0.444 e. The molecule has 0 unspecified atom stereocenters. The fourth-order valence-corrected chi connectivity index (χ4v) is 4.45. The Morgan fingerprint density at radius 1 is 1.31 bits per heavy atom. The number of piperidine rings is 1. The summed E-state index contributed by atoms with van der Waals surface area (Å²) >= 11 is 1.52. The molecular weight excluding hydrogens is 428 g/mol. The molecule has 1 fully saturated rings. The molecule has 2 amide bonds. The number of fused-ring (bicyclic) bond motifs is 1. The maximum Gasteiger partial charge on any atom is 0.410 e. The van der Waals surface area contributed by atoms with Gasteiger partial charge in [-0.05, 0) is 57.2 Å². The van der Waals surface area contributed by atoms with Gasteiger partial charge in [0.25, 0.3) is 5.91 Å². The minimum absolute atomic E-state index is 0.191. The van der Waals surface area contributed by atoms with E-state index in [1.165, 1.54) is 11.3 Å². The number of aldehydes is 1. The van der Waals surface area contributed by atoms with Crippen molar-refractivity contribution < 1.29 is 19.1 Å². The number of thiophene rings is 1. The van der Waals surface area contributed by atoms with Crippen molar-refractivity contribution in [2.75, 3.05) is 13.1 Å². The lowest BCUT2D eigenvalue weighted by Crippen LogP contribution is -2.50. The zero-order valence-corrected chi connectivity index (χ0v) is 19.1. The summed E-state index contributed by atoms with van der Waals surface area (Å²) in [7, 11) is 0. The molecule has 9 heteroatoms. The highest BCUT2D eigenvalue weighted by atomic mass is 32.1. The maximum atomic E-state index is 13.1. The van der Waals surface area contributed by atoms with Crippen LogP contribution in [0.5, 0.6) is 0 Å². The van der Waals surface area contributed by atoms with Crippen molar-refractivity contribution in [2.24, 2.45) is 0 Å². The second kappa shape index (κ2) is 8.74. The lowest BCUT2D eigenvalue weighted by atomic mass is 10.0. The number of benzene rings is 1. The molecule has 8 nitrogen and oxygen atoms in total. The molecule has 0 spiro atoms. The highest BCUT2D eigenvalue weighted by Crippen LogP contribution is 2.28. The summed E-state index contributed by atoms with van der Waals surface area (Å²) in [6, 6.07) is 6.89. The topological polar surface area (TPSA) is 104 Å². The number of ether oxygens (including phenoxy) is 1. The molecule has 3 heterocycles. The van der Waals surface area contributed by atoms with Crippen LogP contribution in [0.1, 0.15) is 54.3 Å². The number of aromatic nitrogens is 2. The zero-order chi connectivity index (χ0) is 22.9. The number of nitrogens with zero attached hydrogens (tertiary/aromatic N) is 2. The summed E-state index contributed by atoms with van der Waals surface area (Å²) in [6.07, 6.45) is 1.91. The molecule has 1 aliphatic rings. The van der Waals surface area contributed by atoms with E-state index in [1.807, 2.05) is 38.3 Å². The van der Waals surface area contributed by atoms with Crippen LogP contribution in [0.25, 0.3) is 21.7 Å². The molecule has 0 bridgehead atoms. The van der Waals surface area contributed by atoms with Gasteiger partial charge in [0, 0.05) is 24.7 Å². The van der Waals surface area contributed by atoms with E-state index in [9.17, 15) is 14.4 Å². The van der Waals surface area contributed by atoms with E-state index in [-0.39, 0.29) is 18.0 Å². The quantitative estimate of drug-likeness (QED) is 0.574. The zero-order valence-electron chi connectivity index (χ0n) is 18.3. The van der Waals surface area contributed by atoms with Crippen LogP contribution in [-0.4, -0.2) is 57.9 Å². The number of carbonyl (C=O) groups excluding carboxylic acids is 3. The standard InChI is InChI=1S/C23H26N4O4S/c1-23(2,3)31-22(30)27-10-4-6-15(12-27)24-21(29)16-9-8-14(13-28)18-19(16)26-20(25-18)17-7-5-11-32-17/h5,7-9,11,13,15H,4,6,10,12H2,1-3H3,(H,24,29)(H,25,26)/t15-/m0/s1. The third-order valence-electron chi connectivity index (χ3n) is 5.21. The molecule has 2 aromatic heterocycles. The Kier molecular flexibility index (Phi) is 6.01. The molecule has 4 rings (SSSR count). The predicted molar refractivity (Wildman–Crippen MR) is 123 cm³/mol. The highest BCUT2D eigenvalue weighted by Gasteiger charge is 2.29. The van der Waals surface area contributed by atoms with Gasteiger partial charge >= 0.3 is 6.09 Å². The average molecular weight is 455 g/mol. The van der Waals surface area contributed by atoms with Gasteiger partial charge in [0.15, 0.2) is 6.29 Å². The summed E-state index contributed by atoms with van der Waals surface area (Å²) in [5.74, 6) is 0.344. The first-order valence-electron chi connectivity index (χ1n) is 10.6. The second-order valence-electron chi connectivity index (χ2n) is 8.85. The van der Waals surface area contributed by atoms with E-state index in [4.69, 9.17) is 4.74 Å². The van der Waals surface area contributed by atoms with Crippen molar-refractivity contribution in [1.82, 2.24) is 20.2 Å². The van der Waals surface area contributed by atoms with Crippen LogP contribution >= 0.6 is 11.3 Å². The highest BCUT2D eigenvalue weighted by molar-refractivity contribution is 7.13. The van der Waals surface area contributed by atoms with Crippen LogP contribution in [0.3, 0.4) is 0 Å². The molecule has 0 aliphatic carbocycles. The molecule has 2 N–H and O–H groups in total. The summed E-state index contributed by atoms with van der Waals surface area (Å²) < 4.78 is 5.47. The molecule has 0 saturated carbocycles. The van der Waals surface area contributed by atoms with Gasteiger partial charge in [-0.3, -0.25) is 9.59 Å². The number of H-pyrrole nitrogens is 1. The van der Waals surface area contributed by atoms with E-state index in [1.54, 1.807) is 17.0 Å². The van der Waals surface area contributed by atoms with Crippen LogP contribution in [0.15, 0.2) is 29.6 Å². The Labute approximate surface area is 190 Å². The SMILES string of the molecule is CC(C)(C)OC(=O)N1CCC[C@H](NC(=O)c2ccc(C=O)c3nc(-c4cccs4)[nH]c23)C1. The van der Waals surface area contributed by atoms with Crippen molar-refractivity contribution in [1.29, 1.82) is 0 Å². The van der Waals surface area contributed by atoms with Crippen molar-refractivity contribution in [2.45, 2.75) is 45.3 Å². The molecule has 32 heavy (non-hydrogen) atoms. The normalized spacial score (nSPS) is 16.7. The van der Waals surface area contributed by atoms with Crippen LogP contribution in [0.4, 0.5) is 4.79 Å². The van der Waals surface area contributed by atoms with Crippen molar-refractivity contribution >= 4 is 40.7 Å². The van der Waals surface area contributed by atoms with Gasteiger partial charge in [-0.25, -0.2) is 9.78 Å². The Balaban J connectivity index is 1.55. The van der Waals surface area contributed by atoms with Gasteiger partial charge in [-0.1, -0.05) is 6.07 Å². The number of imidazole rings is 1. The number of rotatable bonds is 4. The fraction of sp³-hybridized carbons (Fsp3) is 0.391. The molecule has 1 saturated heterocycles. The molecule has 1 atom stereocenters. The number of amides is 2. The van der Waals surface area contributed by atoms with E-state index >= 15 is 0 Å². The van der Waals surface area contributed by atoms with Crippen molar-refractivity contribution in [3.8, 4) is 10.7 Å². The molecule has 1 aromatic carbocycles. The number of likely N-dealkylation sites (tertiary alicyclic amines) is 1. The third kappa shape index (κ3) is 4.67. The molecule has 1 aliphatic heterocycles. The van der Waals surface area contributed by atoms with Crippen LogP contribution in [-0.2, 0) is 4.74 Å². The smallest absolute Gasteiger partial charge is 0.410 e. The fourth-order valence-electron chi connectivity index (χ4n) is 3.78. The van der Waals surface area contributed by atoms with E-state index in [0.717, 1.165) is 24.0 Å². The summed E-state index contributed by atoms with van der Waals surface area (Å²) in [6.45, 7) is 6.48. The third-order valence-corrected chi connectivity index (χ3v) is 6.09. The minimum atomic E-state index is -0.569. The summed E-state index contributed by atoms with van der Waals surface area (Å²) in [5, 5.41) is 4.98. The summed E-state index contributed by atoms with van der Waals surface area (Å²) in [4.78, 5) is 47.4. The van der Waals surface area contributed by atoms with Gasteiger partial charge in [0.05, 0.1) is 16.0 Å². The van der Waals surface area contributed by atoms with E-state index in [0.29, 0.717) is 41.1 Å². The first kappa shape index (κ1) is 22.0. The van der Waals surface area contributed by atoms with Crippen LogP contribution < -0.4 is 5.32 Å². The number of hydrogen-bond donors (Lipinski definition) is 2. The Bertz CT molecular complexity index is 1150. The van der Waals surface area contributed by atoms with E-state index in [2.05, 4.69) is 15.3 Å². The van der Waals surface area contributed by atoms with Crippen LogP contribution in [0, 0.1) is 0 Å². The van der Waals surface area contributed by atoms with Gasteiger partial charge < -0.3 is 19.9 Å². The lowest BCUT2D eigenvalue weighted by Gasteiger charge is -2.34. The molecule has 0 radical (unpaired) electrons. The lowest BCUT2D eigenvalue weighted by molar-refractivity contribution is 0.0185. The predicted octanol–water partition coefficient (Wildman–Crippen LogP) is 4.23. The molecule has 168 valence electrons. The Morgan fingerprint density at radius 2 is 2.12 bits per heavy atom. The molecular formula is C23H26N4O4S. The largest absolute Gasteiger partial charge is 0.444 e. The number of hydrogen-bond acceptors (Lipinski definition) is 6. The maximum absolute atomic E-state index is 13.1. The van der Waals surface area contributed by atoms with Gasteiger partial charge in [0.2, 0.25) is 0 Å². The van der Waals surface area contributed by atoms with Crippen molar-refractivity contribution in [3.63, 3.8) is 0 Å². The Morgan fingerprint density at radius 3 is 2.81 bits per heavy atom. The van der Waals surface area contributed by atoms with Crippen LogP contribution in [0.2, 0.25) is 0 Å². The first-order chi connectivity index (χ1) is 15.2. The van der Waals surface area contributed by atoms with Gasteiger partial charge in [-0.2, -0.15) is 0 Å². The van der Waals surface area contributed by atoms with E-state index < -0.39 is 5.60 Å². The number of nitrogens with one attached hydrogen (secondary N) is 2. The number of aromatic amines is 1.